The van der Waals surface area contributed by atoms with Crippen molar-refractivity contribution in [2.24, 2.45) is 13.0 Å². The highest BCUT2D eigenvalue weighted by molar-refractivity contribution is 5.90. The first-order valence-corrected chi connectivity index (χ1v) is 7.33. The zero-order chi connectivity index (χ0) is 14.1. The number of pyridine rings is 1. The summed E-state index contributed by atoms with van der Waals surface area (Å²) in [5, 5.41) is 6.48. The zero-order valence-corrected chi connectivity index (χ0v) is 13.0. The van der Waals surface area contributed by atoms with E-state index in [2.05, 4.69) is 10.6 Å². The van der Waals surface area contributed by atoms with Crippen molar-refractivity contribution in [2.45, 2.75) is 44.2 Å². The summed E-state index contributed by atoms with van der Waals surface area (Å²) in [4.78, 5) is 23.4. The smallest absolute Gasteiger partial charge is 0.250 e. The van der Waals surface area contributed by atoms with E-state index in [1.54, 1.807) is 19.3 Å². The molecule has 2 aliphatic rings. The van der Waals surface area contributed by atoms with Crippen molar-refractivity contribution in [3.8, 4) is 0 Å². The van der Waals surface area contributed by atoms with Gasteiger partial charge in [0.15, 0.2) is 0 Å². The number of amides is 1. The van der Waals surface area contributed by atoms with Gasteiger partial charge in [-0.2, -0.15) is 0 Å². The summed E-state index contributed by atoms with van der Waals surface area (Å²) >= 11 is 0. The van der Waals surface area contributed by atoms with Crippen LogP contribution in [0.3, 0.4) is 0 Å². The van der Waals surface area contributed by atoms with Gasteiger partial charge in [0.1, 0.15) is 0 Å². The number of hydrogen-bond acceptors (Lipinski definition) is 3. The maximum atomic E-state index is 12.1. The highest BCUT2D eigenvalue weighted by Gasteiger charge is 2.34. The molecule has 3 rings (SSSR count). The molecule has 0 aromatic carbocycles. The molecule has 3 heterocycles. The van der Waals surface area contributed by atoms with Gasteiger partial charge in [-0.05, 0) is 37.7 Å². The number of anilines is 1. The largest absolute Gasteiger partial charge is 0.325 e. The number of fused-ring (bicyclic) bond motifs is 2. The lowest BCUT2D eigenvalue weighted by atomic mass is 9.89. The molecule has 0 aliphatic carbocycles. The molecule has 6 heteroatoms. The molecule has 1 aromatic heterocycles. The number of aromatic nitrogens is 1. The Kier molecular flexibility index (Phi) is 5.06. The molecule has 2 unspecified atom stereocenters. The lowest BCUT2D eigenvalue weighted by Crippen LogP contribution is -2.39. The van der Waals surface area contributed by atoms with Crippen LogP contribution in [-0.2, 0) is 11.8 Å². The molecule has 5 nitrogen and oxygen atoms in total. The standard InChI is InChI=1S/C15H21N3O2.ClH/c1-18-9-13(4-5-15(18)20)17-14(19)8-10-6-11-2-3-12(7-10)16-11;/h4-5,9-12,16H,2-3,6-8H2,1H3,(H,17,19);1H. The van der Waals surface area contributed by atoms with Crippen molar-refractivity contribution in [3.05, 3.63) is 28.7 Å². The molecule has 2 aliphatic heterocycles. The Hall–Kier alpha value is -1.33. The van der Waals surface area contributed by atoms with Crippen LogP contribution in [0.4, 0.5) is 5.69 Å². The summed E-state index contributed by atoms with van der Waals surface area (Å²) in [6.07, 6.45) is 6.96. The summed E-state index contributed by atoms with van der Waals surface area (Å²) in [5.74, 6) is 0.538. The van der Waals surface area contributed by atoms with Gasteiger partial charge in [0, 0.05) is 37.8 Å². The van der Waals surface area contributed by atoms with E-state index in [1.165, 1.54) is 23.5 Å². The average molecular weight is 312 g/mol. The Bertz CT molecular complexity index is 560. The fourth-order valence-corrected chi connectivity index (χ4v) is 3.48. The van der Waals surface area contributed by atoms with Gasteiger partial charge < -0.3 is 15.2 Å². The average Bonchev–Trinajstić information content (AvgIpc) is 2.73. The lowest BCUT2D eigenvalue weighted by Gasteiger charge is -2.28. The highest BCUT2D eigenvalue weighted by atomic mass is 35.5. The van der Waals surface area contributed by atoms with Crippen LogP contribution in [0.5, 0.6) is 0 Å². The van der Waals surface area contributed by atoms with E-state index in [0.29, 0.717) is 30.1 Å². The summed E-state index contributed by atoms with van der Waals surface area (Å²) in [7, 11) is 1.68. The minimum Gasteiger partial charge on any atom is -0.325 e. The Morgan fingerprint density at radius 2 is 2.00 bits per heavy atom. The molecule has 0 radical (unpaired) electrons. The molecule has 2 fully saturated rings. The Labute approximate surface area is 130 Å². The van der Waals surface area contributed by atoms with E-state index in [9.17, 15) is 9.59 Å². The summed E-state index contributed by atoms with van der Waals surface area (Å²) in [5.41, 5.74) is 0.618. The number of nitrogens with zero attached hydrogens (tertiary/aromatic N) is 1. The molecule has 2 saturated heterocycles. The quantitative estimate of drug-likeness (QED) is 0.892. The van der Waals surface area contributed by atoms with Crippen molar-refractivity contribution in [2.75, 3.05) is 5.32 Å². The molecule has 2 bridgehead atoms. The topological polar surface area (TPSA) is 63.1 Å². The van der Waals surface area contributed by atoms with Crippen LogP contribution in [0.15, 0.2) is 23.1 Å². The number of hydrogen-bond donors (Lipinski definition) is 2. The fourth-order valence-electron chi connectivity index (χ4n) is 3.48. The van der Waals surface area contributed by atoms with E-state index >= 15 is 0 Å². The third kappa shape index (κ3) is 3.86. The van der Waals surface area contributed by atoms with E-state index < -0.39 is 0 Å². The van der Waals surface area contributed by atoms with Crippen LogP contribution < -0.4 is 16.2 Å². The number of carbonyl (C=O) groups excluding carboxylic acids is 1. The van der Waals surface area contributed by atoms with Crippen LogP contribution in [0, 0.1) is 5.92 Å². The third-order valence-corrected chi connectivity index (χ3v) is 4.41. The number of carbonyl (C=O) groups is 1. The van der Waals surface area contributed by atoms with Gasteiger partial charge in [-0.1, -0.05) is 0 Å². The van der Waals surface area contributed by atoms with Crippen LogP contribution in [0.1, 0.15) is 32.1 Å². The van der Waals surface area contributed by atoms with E-state index in [4.69, 9.17) is 0 Å². The molecular weight excluding hydrogens is 290 g/mol. The number of halogens is 1. The highest BCUT2D eigenvalue weighted by Crippen LogP contribution is 2.32. The summed E-state index contributed by atoms with van der Waals surface area (Å²) < 4.78 is 1.47. The Morgan fingerprint density at radius 1 is 1.33 bits per heavy atom. The Morgan fingerprint density at radius 3 is 2.62 bits per heavy atom. The maximum Gasteiger partial charge on any atom is 0.250 e. The fraction of sp³-hybridized carbons (Fsp3) is 0.600. The van der Waals surface area contributed by atoms with Gasteiger partial charge in [0.05, 0.1) is 5.69 Å². The molecule has 21 heavy (non-hydrogen) atoms. The molecule has 2 atom stereocenters. The Balaban J connectivity index is 0.00000161. The van der Waals surface area contributed by atoms with Crippen molar-refractivity contribution >= 4 is 24.0 Å². The molecule has 2 N–H and O–H groups in total. The predicted molar refractivity (Wildman–Crippen MR) is 84.8 cm³/mol. The third-order valence-electron chi connectivity index (χ3n) is 4.41. The van der Waals surface area contributed by atoms with Crippen molar-refractivity contribution in [1.29, 1.82) is 0 Å². The number of aryl methyl sites for hydroxylation is 1. The first kappa shape index (κ1) is 16.0. The van der Waals surface area contributed by atoms with Crippen LogP contribution >= 0.6 is 12.4 Å². The van der Waals surface area contributed by atoms with Crippen molar-refractivity contribution in [1.82, 2.24) is 9.88 Å². The minimum absolute atomic E-state index is 0. The summed E-state index contributed by atoms with van der Waals surface area (Å²) in [6.45, 7) is 0. The van der Waals surface area contributed by atoms with Gasteiger partial charge in [-0.15, -0.1) is 12.4 Å². The van der Waals surface area contributed by atoms with Gasteiger partial charge in [0.25, 0.3) is 0 Å². The summed E-state index contributed by atoms with van der Waals surface area (Å²) in [6, 6.07) is 4.36. The molecule has 116 valence electrons. The predicted octanol–water partition coefficient (Wildman–Crippen LogP) is 1.67. The normalized spacial score (nSPS) is 27.0. The van der Waals surface area contributed by atoms with Gasteiger partial charge in [-0.25, -0.2) is 0 Å². The number of piperidine rings is 1. The number of rotatable bonds is 3. The first-order chi connectivity index (χ1) is 9.60. The maximum absolute atomic E-state index is 12.1. The van der Waals surface area contributed by atoms with Crippen LogP contribution in [0.2, 0.25) is 0 Å². The van der Waals surface area contributed by atoms with Crippen LogP contribution in [-0.4, -0.2) is 22.6 Å². The zero-order valence-electron chi connectivity index (χ0n) is 12.2. The van der Waals surface area contributed by atoms with Crippen molar-refractivity contribution in [3.63, 3.8) is 0 Å². The molecule has 1 aromatic rings. The van der Waals surface area contributed by atoms with Gasteiger partial charge in [-0.3, -0.25) is 9.59 Å². The van der Waals surface area contributed by atoms with Gasteiger partial charge in [0.2, 0.25) is 11.5 Å². The van der Waals surface area contributed by atoms with Gasteiger partial charge >= 0.3 is 0 Å². The molecule has 0 saturated carbocycles. The van der Waals surface area contributed by atoms with Crippen LogP contribution in [0.25, 0.3) is 0 Å². The molecular formula is C15H22ClN3O2. The first-order valence-electron chi connectivity index (χ1n) is 7.33. The lowest BCUT2D eigenvalue weighted by molar-refractivity contribution is -0.117. The minimum atomic E-state index is -0.0714. The number of nitrogens with one attached hydrogen (secondary N) is 2. The second-order valence-electron chi connectivity index (χ2n) is 6.09. The molecule has 1 amide bonds. The SMILES string of the molecule is Cl.Cn1cc(NC(=O)CC2CC3CCC(C2)N3)ccc1=O. The second kappa shape index (κ2) is 6.62. The van der Waals surface area contributed by atoms with E-state index in [1.807, 2.05) is 0 Å². The van der Waals surface area contributed by atoms with Crippen molar-refractivity contribution < 1.29 is 4.79 Å². The second-order valence-corrected chi connectivity index (χ2v) is 6.09. The van der Waals surface area contributed by atoms with E-state index in [-0.39, 0.29) is 23.9 Å². The molecule has 0 spiro atoms. The van der Waals surface area contributed by atoms with E-state index in [0.717, 1.165) is 12.8 Å². The monoisotopic (exact) mass is 311 g/mol.